The zero-order valence-electron chi connectivity index (χ0n) is 23.6. The molecule has 11 atom stereocenters. The number of amides is 1. The molecule has 5 rings (SSSR count). The van der Waals surface area contributed by atoms with Crippen LogP contribution in [-0.2, 0) is 11.3 Å². The van der Waals surface area contributed by atoms with Gasteiger partial charge in [-0.1, -0.05) is 39.0 Å². The number of nitro benzene ring substituents is 1. The van der Waals surface area contributed by atoms with Crippen molar-refractivity contribution in [3.8, 4) is 0 Å². The minimum atomic E-state index is -0.444. The summed E-state index contributed by atoms with van der Waals surface area (Å²) in [7, 11) is 0. The van der Waals surface area contributed by atoms with E-state index in [9.17, 15) is 30.2 Å². The molecule has 4 aliphatic carbocycles. The van der Waals surface area contributed by atoms with Crippen LogP contribution in [0.3, 0.4) is 0 Å². The number of fused-ring (bicyclic) bond motifs is 5. The lowest BCUT2D eigenvalue weighted by Crippen LogP contribution is -2.62. The van der Waals surface area contributed by atoms with Gasteiger partial charge >= 0.3 is 0 Å². The first-order chi connectivity index (χ1) is 18.5. The molecule has 0 aliphatic heterocycles. The van der Waals surface area contributed by atoms with Crippen LogP contribution in [0.5, 0.6) is 0 Å². The molecule has 8 nitrogen and oxygen atoms in total. The molecule has 0 spiro atoms. The molecular weight excluding hydrogens is 496 g/mol. The molecule has 0 radical (unpaired) electrons. The van der Waals surface area contributed by atoms with Crippen molar-refractivity contribution in [1.29, 1.82) is 0 Å². The van der Waals surface area contributed by atoms with Crippen LogP contribution in [0.1, 0.15) is 84.1 Å². The fourth-order valence-electron chi connectivity index (χ4n) is 9.81. The van der Waals surface area contributed by atoms with Crippen LogP contribution in [0, 0.1) is 56.5 Å². The predicted molar refractivity (Wildman–Crippen MR) is 147 cm³/mol. The Hall–Kier alpha value is -2.03. The van der Waals surface area contributed by atoms with Gasteiger partial charge in [-0.05, 0) is 97.7 Å². The maximum Gasteiger partial charge on any atom is 0.274 e. The number of rotatable bonds is 7. The molecule has 216 valence electrons. The summed E-state index contributed by atoms with van der Waals surface area (Å²) in [4.78, 5) is 23.5. The van der Waals surface area contributed by atoms with Crippen LogP contribution < -0.4 is 5.32 Å². The van der Waals surface area contributed by atoms with Gasteiger partial charge in [0.05, 0.1) is 23.2 Å². The summed E-state index contributed by atoms with van der Waals surface area (Å²) >= 11 is 0. The number of nitrogens with one attached hydrogen (secondary N) is 1. The molecule has 4 saturated carbocycles. The highest BCUT2D eigenvalue weighted by Gasteiger charge is 2.65. The van der Waals surface area contributed by atoms with Crippen molar-refractivity contribution >= 4 is 11.6 Å². The van der Waals surface area contributed by atoms with Crippen molar-refractivity contribution < 1.29 is 25.0 Å². The maximum absolute atomic E-state index is 12.7. The minimum absolute atomic E-state index is 0.00941. The van der Waals surface area contributed by atoms with Crippen LogP contribution in [-0.4, -0.2) is 44.5 Å². The average molecular weight is 543 g/mol. The maximum atomic E-state index is 12.7. The number of nitrogens with zero attached hydrogens (tertiary/aromatic N) is 1. The first-order valence-electron chi connectivity index (χ1n) is 15.0. The Labute approximate surface area is 231 Å². The third-order valence-electron chi connectivity index (χ3n) is 12.0. The third-order valence-corrected chi connectivity index (χ3v) is 12.0. The van der Waals surface area contributed by atoms with Crippen molar-refractivity contribution in [2.75, 3.05) is 0 Å². The monoisotopic (exact) mass is 542 g/mol. The second-order valence-corrected chi connectivity index (χ2v) is 13.7. The van der Waals surface area contributed by atoms with Crippen molar-refractivity contribution in [2.45, 2.75) is 103 Å². The molecule has 0 saturated heterocycles. The highest BCUT2D eigenvalue weighted by Crippen LogP contribution is 2.68. The van der Waals surface area contributed by atoms with Crippen molar-refractivity contribution in [2.24, 2.45) is 46.3 Å². The van der Waals surface area contributed by atoms with Gasteiger partial charge in [0.25, 0.3) is 5.69 Å². The van der Waals surface area contributed by atoms with E-state index in [2.05, 4.69) is 26.1 Å². The largest absolute Gasteiger partial charge is 0.393 e. The SMILES string of the molecule is C[C@H](CCC(=O)NCc1ccccc1[N+](=O)[O-])[C@H]1CC[C@H]2[C@@H]3[C@H](O)C[C@@H]4C[C@H](O)CC[C@]4(C)[C@H]3C[C@H](O)[C@]12C. The van der Waals surface area contributed by atoms with E-state index in [4.69, 9.17) is 0 Å². The van der Waals surface area contributed by atoms with Crippen LogP contribution in [0.2, 0.25) is 0 Å². The fraction of sp³-hybridized carbons (Fsp3) is 0.774. The standard InChI is InChI=1S/C31H46N2O6/c1-18(8-11-28(37)32-17-19-6-4-5-7-25(19)33(38)39)22-9-10-23-29-24(16-27(36)31(22,23)3)30(2)13-12-21(34)14-20(30)15-26(29)35/h4-7,18,20-24,26-27,29,34-36H,8-17H2,1-3H3,(H,32,37)/t18-,20+,21-,22-,23+,24+,26-,27+,29+,30+,31-/m1/s1. The quantitative estimate of drug-likeness (QED) is 0.294. The molecule has 0 unspecified atom stereocenters. The number of carbonyl (C=O) groups excluding carboxylic acids is 1. The van der Waals surface area contributed by atoms with Gasteiger partial charge in [0.1, 0.15) is 0 Å². The van der Waals surface area contributed by atoms with Gasteiger partial charge in [-0.2, -0.15) is 0 Å². The van der Waals surface area contributed by atoms with E-state index in [-0.39, 0.29) is 64.7 Å². The van der Waals surface area contributed by atoms with Crippen LogP contribution >= 0.6 is 0 Å². The van der Waals surface area contributed by atoms with Crippen LogP contribution in [0.4, 0.5) is 5.69 Å². The predicted octanol–water partition coefficient (Wildman–Crippen LogP) is 4.59. The van der Waals surface area contributed by atoms with E-state index in [1.807, 2.05) is 0 Å². The molecule has 0 aromatic heterocycles. The topological polar surface area (TPSA) is 133 Å². The molecule has 1 aromatic rings. The molecule has 0 heterocycles. The highest BCUT2D eigenvalue weighted by molar-refractivity contribution is 5.76. The fourth-order valence-corrected chi connectivity index (χ4v) is 9.81. The highest BCUT2D eigenvalue weighted by atomic mass is 16.6. The lowest BCUT2D eigenvalue weighted by molar-refractivity contribution is -0.385. The second kappa shape index (κ2) is 10.7. The summed E-state index contributed by atoms with van der Waals surface area (Å²) in [6.45, 7) is 6.89. The number of para-hydroxylation sites is 1. The summed E-state index contributed by atoms with van der Waals surface area (Å²) in [6, 6.07) is 6.46. The first-order valence-corrected chi connectivity index (χ1v) is 15.0. The van der Waals surface area contributed by atoms with Crippen molar-refractivity contribution in [3.63, 3.8) is 0 Å². The van der Waals surface area contributed by atoms with Gasteiger partial charge in [-0.15, -0.1) is 0 Å². The minimum Gasteiger partial charge on any atom is -0.393 e. The Morgan fingerprint density at radius 1 is 1.10 bits per heavy atom. The molecule has 1 aromatic carbocycles. The van der Waals surface area contributed by atoms with E-state index < -0.39 is 17.1 Å². The van der Waals surface area contributed by atoms with E-state index in [0.717, 1.165) is 38.5 Å². The van der Waals surface area contributed by atoms with Gasteiger partial charge in [-0.3, -0.25) is 14.9 Å². The van der Waals surface area contributed by atoms with Gasteiger partial charge in [0, 0.05) is 24.6 Å². The molecular formula is C31H46N2O6. The van der Waals surface area contributed by atoms with Crippen molar-refractivity contribution in [1.82, 2.24) is 5.32 Å². The first kappa shape index (κ1) is 28.5. The molecule has 1 amide bonds. The Bertz CT molecular complexity index is 1080. The third kappa shape index (κ3) is 4.91. The average Bonchev–Trinajstić information content (AvgIpc) is 3.26. The number of benzene rings is 1. The zero-order valence-corrected chi connectivity index (χ0v) is 23.6. The second-order valence-electron chi connectivity index (χ2n) is 13.7. The van der Waals surface area contributed by atoms with E-state index in [1.165, 1.54) is 6.07 Å². The molecule has 0 bridgehead atoms. The Balaban J connectivity index is 1.23. The van der Waals surface area contributed by atoms with E-state index in [0.29, 0.717) is 30.7 Å². The number of aliphatic hydroxyl groups excluding tert-OH is 3. The number of nitro groups is 1. The summed E-state index contributed by atoms with van der Waals surface area (Å²) < 4.78 is 0. The zero-order chi connectivity index (χ0) is 28.1. The lowest BCUT2D eigenvalue weighted by Gasteiger charge is -2.63. The number of hydrogen-bond acceptors (Lipinski definition) is 6. The van der Waals surface area contributed by atoms with Crippen LogP contribution in [0.25, 0.3) is 0 Å². The van der Waals surface area contributed by atoms with Gasteiger partial charge in [0.2, 0.25) is 5.91 Å². The smallest absolute Gasteiger partial charge is 0.274 e. The number of aliphatic hydroxyl groups is 3. The van der Waals surface area contributed by atoms with Crippen molar-refractivity contribution in [3.05, 3.63) is 39.9 Å². The number of hydrogen-bond donors (Lipinski definition) is 4. The molecule has 39 heavy (non-hydrogen) atoms. The summed E-state index contributed by atoms with van der Waals surface area (Å²) in [5.41, 5.74) is 0.265. The lowest BCUT2D eigenvalue weighted by atomic mass is 9.43. The molecule has 8 heteroatoms. The molecule has 4 aliphatic rings. The molecule has 4 fully saturated rings. The van der Waals surface area contributed by atoms with Gasteiger partial charge in [0.15, 0.2) is 0 Å². The van der Waals surface area contributed by atoms with Gasteiger partial charge < -0.3 is 20.6 Å². The summed E-state index contributed by atoms with van der Waals surface area (Å²) in [6.07, 6.45) is 5.89. The van der Waals surface area contributed by atoms with E-state index >= 15 is 0 Å². The Morgan fingerprint density at radius 3 is 2.59 bits per heavy atom. The Morgan fingerprint density at radius 2 is 1.85 bits per heavy atom. The molecule has 4 N–H and O–H groups in total. The Kier molecular flexibility index (Phi) is 7.85. The normalized spacial score (nSPS) is 42.1. The summed E-state index contributed by atoms with van der Waals surface area (Å²) in [5, 5.41) is 47.6. The number of carbonyl (C=O) groups is 1. The van der Waals surface area contributed by atoms with Crippen LogP contribution in [0.15, 0.2) is 24.3 Å². The van der Waals surface area contributed by atoms with Gasteiger partial charge in [-0.25, -0.2) is 0 Å². The summed E-state index contributed by atoms with van der Waals surface area (Å²) in [5.74, 6) is 1.40. The van der Waals surface area contributed by atoms with E-state index in [1.54, 1.807) is 18.2 Å².